The molecule has 0 atom stereocenters. The molecule has 0 bridgehead atoms. The maximum Gasteiger partial charge on any atom is 0.243 e. The van der Waals surface area contributed by atoms with E-state index in [1.54, 1.807) is 26.0 Å². The van der Waals surface area contributed by atoms with Gasteiger partial charge in [-0.1, -0.05) is 11.6 Å². The van der Waals surface area contributed by atoms with Gasteiger partial charge in [-0.25, -0.2) is 12.8 Å². The molecule has 2 rings (SSSR count). The van der Waals surface area contributed by atoms with Crippen molar-refractivity contribution < 1.29 is 17.6 Å². The number of sulfonamides is 1. The minimum atomic E-state index is -3.56. The Labute approximate surface area is 163 Å². The molecule has 0 aromatic heterocycles. The van der Waals surface area contributed by atoms with Gasteiger partial charge in [0.05, 0.1) is 17.1 Å². The number of carbonyl (C=O) groups is 1. The molecular weight excluding hydrogens is 393 g/mol. The second kappa shape index (κ2) is 8.69. The molecule has 1 amide bonds. The zero-order chi connectivity index (χ0) is 20.2. The summed E-state index contributed by atoms with van der Waals surface area (Å²) in [4.78, 5) is 12.1. The van der Waals surface area contributed by atoms with E-state index in [0.717, 1.165) is 0 Å². The van der Waals surface area contributed by atoms with Crippen molar-refractivity contribution in [2.24, 2.45) is 0 Å². The summed E-state index contributed by atoms with van der Waals surface area (Å²) in [6, 6.07) is 9.76. The highest BCUT2D eigenvalue weighted by Crippen LogP contribution is 2.20. The smallest absolute Gasteiger partial charge is 0.243 e. The minimum Gasteiger partial charge on any atom is -0.376 e. The lowest BCUT2D eigenvalue weighted by molar-refractivity contribution is -0.114. The molecule has 2 aromatic carbocycles. The summed E-state index contributed by atoms with van der Waals surface area (Å²) in [6.45, 7) is 3.45. The third-order valence-corrected chi connectivity index (χ3v) is 6.20. The van der Waals surface area contributed by atoms with Crippen LogP contribution in [0.4, 0.5) is 15.8 Å². The van der Waals surface area contributed by atoms with Gasteiger partial charge in [-0.3, -0.25) is 4.79 Å². The fraction of sp³-hybridized carbons (Fsp3) is 0.278. The van der Waals surface area contributed by atoms with Gasteiger partial charge in [-0.05, 0) is 56.3 Å². The molecule has 0 fully saturated rings. The first-order valence-corrected chi connectivity index (χ1v) is 10.00. The predicted octanol–water partition coefficient (Wildman–Crippen LogP) is 3.56. The van der Waals surface area contributed by atoms with E-state index in [0.29, 0.717) is 10.7 Å². The number of amides is 1. The largest absolute Gasteiger partial charge is 0.376 e. The monoisotopic (exact) mass is 413 g/mol. The molecule has 0 aliphatic rings. The van der Waals surface area contributed by atoms with E-state index in [-0.39, 0.29) is 23.2 Å². The second-order valence-corrected chi connectivity index (χ2v) is 8.60. The number of anilines is 2. The molecule has 27 heavy (non-hydrogen) atoms. The van der Waals surface area contributed by atoms with E-state index in [4.69, 9.17) is 11.6 Å². The van der Waals surface area contributed by atoms with Crippen LogP contribution >= 0.6 is 11.6 Å². The lowest BCUT2D eigenvalue weighted by atomic mass is 10.3. The van der Waals surface area contributed by atoms with Gasteiger partial charge in [0, 0.05) is 23.8 Å². The van der Waals surface area contributed by atoms with E-state index in [1.165, 1.54) is 41.7 Å². The molecule has 6 nitrogen and oxygen atoms in total. The Bertz CT molecular complexity index is 918. The normalized spacial score (nSPS) is 11.7. The van der Waals surface area contributed by atoms with Crippen molar-refractivity contribution in [1.29, 1.82) is 0 Å². The number of benzene rings is 2. The summed E-state index contributed by atoms with van der Waals surface area (Å²) in [5.41, 5.74) is 0.551. The van der Waals surface area contributed by atoms with Crippen LogP contribution in [0.15, 0.2) is 47.4 Å². The molecule has 2 aromatic rings. The first-order chi connectivity index (χ1) is 12.6. The number of rotatable bonds is 7. The maximum atomic E-state index is 13.6. The van der Waals surface area contributed by atoms with Crippen molar-refractivity contribution in [1.82, 2.24) is 4.31 Å². The summed E-state index contributed by atoms with van der Waals surface area (Å²) in [5.74, 6) is -1.05. The highest BCUT2D eigenvalue weighted by molar-refractivity contribution is 7.89. The molecule has 0 radical (unpaired) electrons. The Kier molecular flexibility index (Phi) is 6.80. The van der Waals surface area contributed by atoms with Crippen molar-refractivity contribution >= 4 is 38.9 Å². The fourth-order valence-corrected chi connectivity index (χ4v) is 3.70. The van der Waals surface area contributed by atoms with E-state index in [2.05, 4.69) is 10.6 Å². The van der Waals surface area contributed by atoms with Crippen molar-refractivity contribution in [2.75, 3.05) is 24.2 Å². The molecular formula is C18H21ClFN3O3S. The molecule has 9 heteroatoms. The highest BCUT2D eigenvalue weighted by Gasteiger charge is 2.22. The number of hydrogen-bond acceptors (Lipinski definition) is 4. The van der Waals surface area contributed by atoms with E-state index in [9.17, 15) is 17.6 Å². The first-order valence-electron chi connectivity index (χ1n) is 8.18. The van der Waals surface area contributed by atoms with Crippen LogP contribution in [-0.2, 0) is 14.8 Å². The van der Waals surface area contributed by atoms with Crippen molar-refractivity contribution in [3.8, 4) is 0 Å². The van der Waals surface area contributed by atoms with Gasteiger partial charge in [-0.15, -0.1) is 0 Å². The topological polar surface area (TPSA) is 78.5 Å². The lowest BCUT2D eigenvalue weighted by Gasteiger charge is -2.21. The average Bonchev–Trinajstić information content (AvgIpc) is 2.62. The standard InChI is InChI=1S/C18H21ClFN3O3S/c1-12(2)23(3)27(25,26)15-7-5-14(6-8-15)21-11-18(24)22-17-10-13(19)4-9-16(17)20/h4-10,12,21H,11H2,1-3H3,(H,22,24). The number of nitrogens with one attached hydrogen (secondary N) is 2. The van der Waals surface area contributed by atoms with Gasteiger partial charge < -0.3 is 10.6 Å². The maximum absolute atomic E-state index is 13.6. The van der Waals surface area contributed by atoms with E-state index < -0.39 is 21.7 Å². The van der Waals surface area contributed by atoms with Crippen molar-refractivity contribution in [3.63, 3.8) is 0 Å². The third-order valence-electron chi connectivity index (χ3n) is 3.91. The van der Waals surface area contributed by atoms with E-state index >= 15 is 0 Å². The molecule has 0 spiro atoms. The molecule has 0 aliphatic heterocycles. The van der Waals surface area contributed by atoms with Gasteiger partial charge in [0.2, 0.25) is 15.9 Å². The Hall–Kier alpha value is -2.16. The lowest BCUT2D eigenvalue weighted by Crippen LogP contribution is -2.33. The molecule has 0 heterocycles. The predicted molar refractivity (Wildman–Crippen MR) is 105 cm³/mol. The zero-order valence-corrected chi connectivity index (χ0v) is 16.7. The Morgan fingerprint density at radius 1 is 1.19 bits per heavy atom. The summed E-state index contributed by atoms with van der Waals surface area (Å²) in [7, 11) is -2.04. The van der Waals surface area contributed by atoms with Gasteiger partial charge in [0.1, 0.15) is 5.82 Å². The summed E-state index contributed by atoms with van der Waals surface area (Å²) < 4.78 is 39.7. The average molecular weight is 414 g/mol. The van der Waals surface area contributed by atoms with Crippen molar-refractivity contribution in [3.05, 3.63) is 53.3 Å². The summed E-state index contributed by atoms with van der Waals surface area (Å²) in [6.07, 6.45) is 0. The van der Waals surface area contributed by atoms with Crippen LogP contribution in [0.3, 0.4) is 0 Å². The van der Waals surface area contributed by atoms with Crippen LogP contribution in [0.5, 0.6) is 0 Å². The van der Waals surface area contributed by atoms with Gasteiger partial charge in [-0.2, -0.15) is 4.31 Å². The summed E-state index contributed by atoms with van der Waals surface area (Å²) in [5, 5.41) is 5.58. The Morgan fingerprint density at radius 2 is 1.81 bits per heavy atom. The highest BCUT2D eigenvalue weighted by atomic mass is 35.5. The van der Waals surface area contributed by atoms with E-state index in [1.807, 2.05) is 0 Å². The SMILES string of the molecule is CC(C)N(C)S(=O)(=O)c1ccc(NCC(=O)Nc2cc(Cl)ccc2F)cc1. The fourth-order valence-electron chi connectivity index (χ4n) is 2.16. The van der Waals surface area contributed by atoms with Crippen LogP contribution in [0, 0.1) is 5.82 Å². The summed E-state index contributed by atoms with van der Waals surface area (Å²) >= 11 is 5.78. The second-order valence-electron chi connectivity index (χ2n) is 6.17. The number of halogens is 2. The molecule has 2 N–H and O–H groups in total. The van der Waals surface area contributed by atoms with Crippen LogP contribution in [-0.4, -0.2) is 38.3 Å². The molecule has 0 saturated carbocycles. The van der Waals surface area contributed by atoms with Crippen LogP contribution in [0.2, 0.25) is 5.02 Å². The third kappa shape index (κ3) is 5.41. The molecule has 146 valence electrons. The molecule has 0 saturated heterocycles. The van der Waals surface area contributed by atoms with Crippen LogP contribution < -0.4 is 10.6 Å². The molecule has 0 aliphatic carbocycles. The van der Waals surface area contributed by atoms with Crippen molar-refractivity contribution in [2.45, 2.75) is 24.8 Å². The Balaban J connectivity index is 1.99. The number of carbonyl (C=O) groups excluding carboxylic acids is 1. The molecule has 0 unspecified atom stereocenters. The van der Waals surface area contributed by atoms with Gasteiger partial charge >= 0.3 is 0 Å². The van der Waals surface area contributed by atoms with Gasteiger partial charge in [0.15, 0.2) is 0 Å². The van der Waals surface area contributed by atoms with Gasteiger partial charge in [0.25, 0.3) is 0 Å². The minimum absolute atomic E-state index is 0.00698. The van der Waals surface area contributed by atoms with Crippen LogP contribution in [0.1, 0.15) is 13.8 Å². The first kappa shape index (κ1) is 21.1. The quantitative estimate of drug-likeness (QED) is 0.727. The number of hydrogen-bond donors (Lipinski definition) is 2. The van der Waals surface area contributed by atoms with Crippen LogP contribution in [0.25, 0.3) is 0 Å². The number of nitrogens with zero attached hydrogens (tertiary/aromatic N) is 1. The Morgan fingerprint density at radius 3 is 2.41 bits per heavy atom. The zero-order valence-electron chi connectivity index (χ0n) is 15.2.